The van der Waals surface area contributed by atoms with E-state index < -0.39 is 11.7 Å². The molecule has 0 spiro atoms. The fourth-order valence-corrected chi connectivity index (χ4v) is 4.10. The van der Waals surface area contributed by atoms with Gasteiger partial charge in [-0.15, -0.1) is 0 Å². The van der Waals surface area contributed by atoms with Gasteiger partial charge in [-0.3, -0.25) is 9.78 Å². The Morgan fingerprint density at radius 2 is 1.94 bits per heavy atom. The van der Waals surface area contributed by atoms with E-state index in [1.54, 1.807) is 19.2 Å². The monoisotopic (exact) mass is 482 g/mol. The zero-order valence-corrected chi connectivity index (χ0v) is 20.0. The second-order valence-corrected chi connectivity index (χ2v) is 8.52. The van der Waals surface area contributed by atoms with Crippen molar-refractivity contribution in [2.24, 2.45) is 11.5 Å². The van der Waals surface area contributed by atoms with E-state index in [9.17, 15) is 9.18 Å². The molecular weight excluding hydrogens is 451 g/mol. The van der Waals surface area contributed by atoms with Gasteiger partial charge in [0.15, 0.2) is 0 Å². The number of rotatable bonds is 9. The lowest BCUT2D eigenvalue weighted by Gasteiger charge is -2.35. The third-order valence-corrected chi connectivity index (χ3v) is 6.13. The van der Waals surface area contributed by atoms with Gasteiger partial charge in [-0.1, -0.05) is 6.07 Å². The van der Waals surface area contributed by atoms with Gasteiger partial charge in [0, 0.05) is 57.5 Å². The minimum atomic E-state index is -0.664. The van der Waals surface area contributed by atoms with Crippen molar-refractivity contribution in [3.8, 4) is 5.75 Å². The molecule has 1 fully saturated rings. The molecule has 9 nitrogen and oxygen atoms in total. The molecule has 1 saturated heterocycles. The molecule has 186 valence electrons. The molecule has 1 aliphatic rings. The van der Waals surface area contributed by atoms with Crippen LogP contribution in [0.25, 0.3) is 10.9 Å². The SMILES string of the molecule is COCCOc1cc2ncc(C(N)=O)c(Nc3ccc(CN)cc3F)c2cc1N1CCN(C)CC1. The van der Waals surface area contributed by atoms with Crippen LogP contribution in [-0.4, -0.2) is 69.3 Å². The number of primary amides is 1. The maximum atomic E-state index is 14.8. The number of piperazine rings is 1. The molecule has 0 aliphatic carbocycles. The molecule has 0 unspecified atom stereocenters. The fraction of sp³-hybridized carbons (Fsp3) is 0.360. The number of carbonyl (C=O) groups is 1. The first-order chi connectivity index (χ1) is 16.9. The topological polar surface area (TPSA) is 119 Å². The van der Waals surface area contributed by atoms with Gasteiger partial charge in [0.2, 0.25) is 0 Å². The number of nitrogens with one attached hydrogen (secondary N) is 1. The summed E-state index contributed by atoms with van der Waals surface area (Å²) in [5, 5.41) is 3.72. The Morgan fingerprint density at radius 3 is 2.60 bits per heavy atom. The third-order valence-electron chi connectivity index (χ3n) is 6.13. The number of ether oxygens (including phenoxy) is 2. The molecule has 35 heavy (non-hydrogen) atoms. The number of anilines is 3. The first-order valence-electron chi connectivity index (χ1n) is 11.5. The highest BCUT2D eigenvalue weighted by molar-refractivity contribution is 6.08. The number of pyridine rings is 1. The molecule has 1 aromatic heterocycles. The van der Waals surface area contributed by atoms with Gasteiger partial charge < -0.3 is 36.1 Å². The Bertz CT molecular complexity index is 1210. The van der Waals surface area contributed by atoms with Gasteiger partial charge in [0.05, 0.1) is 34.7 Å². The van der Waals surface area contributed by atoms with Crippen LogP contribution < -0.4 is 26.4 Å². The summed E-state index contributed by atoms with van der Waals surface area (Å²) in [7, 11) is 3.71. The van der Waals surface area contributed by atoms with Gasteiger partial charge in [-0.25, -0.2) is 4.39 Å². The summed E-state index contributed by atoms with van der Waals surface area (Å²) < 4.78 is 26.0. The third kappa shape index (κ3) is 5.45. The summed E-state index contributed by atoms with van der Waals surface area (Å²) in [5.41, 5.74) is 14.2. The van der Waals surface area contributed by atoms with E-state index in [0.717, 1.165) is 31.9 Å². The number of methoxy groups -OCH3 is 1. The van der Waals surface area contributed by atoms with Crippen molar-refractivity contribution in [2.45, 2.75) is 6.54 Å². The van der Waals surface area contributed by atoms with E-state index in [4.69, 9.17) is 20.9 Å². The van der Waals surface area contributed by atoms with Gasteiger partial charge in [-0.05, 0) is 30.8 Å². The summed E-state index contributed by atoms with van der Waals surface area (Å²) in [6.07, 6.45) is 1.40. The molecule has 0 bridgehead atoms. The summed E-state index contributed by atoms with van der Waals surface area (Å²) >= 11 is 0. The lowest BCUT2D eigenvalue weighted by atomic mass is 10.1. The molecule has 1 amide bonds. The molecule has 2 aromatic carbocycles. The number of hydrogen-bond acceptors (Lipinski definition) is 8. The molecular formula is C25H31FN6O3. The first kappa shape index (κ1) is 24.6. The molecule has 1 aliphatic heterocycles. The Hall–Kier alpha value is -3.47. The zero-order chi connectivity index (χ0) is 24.9. The van der Waals surface area contributed by atoms with Crippen molar-refractivity contribution in [3.05, 3.63) is 53.5 Å². The first-order valence-corrected chi connectivity index (χ1v) is 11.5. The number of benzene rings is 2. The van der Waals surface area contributed by atoms with E-state index >= 15 is 0 Å². The van der Waals surface area contributed by atoms with E-state index in [1.165, 1.54) is 12.3 Å². The summed E-state index contributed by atoms with van der Waals surface area (Å²) in [6.45, 7) is 4.47. The maximum absolute atomic E-state index is 14.8. The van der Waals surface area contributed by atoms with Crippen LogP contribution in [-0.2, 0) is 11.3 Å². The van der Waals surface area contributed by atoms with E-state index in [1.807, 2.05) is 12.1 Å². The fourth-order valence-electron chi connectivity index (χ4n) is 4.10. The smallest absolute Gasteiger partial charge is 0.252 e. The van der Waals surface area contributed by atoms with Crippen molar-refractivity contribution in [2.75, 3.05) is 63.8 Å². The van der Waals surface area contributed by atoms with Crippen LogP contribution >= 0.6 is 0 Å². The quantitative estimate of drug-likeness (QED) is 0.398. The number of nitrogens with zero attached hydrogens (tertiary/aromatic N) is 3. The number of hydrogen-bond donors (Lipinski definition) is 3. The molecule has 0 saturated carbocycles. The van der Waals surface area contributed by atoms with Crippen molar-refractivity contribution < 1.29 is 18.7 Å². The second-order valence-electron chi connectivity index (χ2n) is 8.52. The highest BCUT2D eigenvalue weighted by Gasteiger charge is 2.22. The number of halogens is 1. The molecule has 10 heteroatoms. The van der Waals surface area contributed by atoms with Crippen LogP contribution in [0.2, 0.25) is 0 Å². The highest BCUT2D eigenvalue weighted by Crippen LogP contribution is 2.38. The van der Waals surface area contributed by atoms with Gasteiger partial charge in [0.1, 0.15) is 18.2 Å². The number of carbonyl (C=O) groups excluding carboxylic acids is 1. The van der Waals surface area contributed by atoms with Crippen LogP contribution in [0.4, 0.5) is 21.5 Å². The molecule has 4 rings (SSSR count). The van der Waals surface area contributed by atoms with Crippen LogP contribution in [0, 0.1) is 5.82 Å². The standard InChI is InChI=1S/C25H31FN6O3/c1-31-5-7-32(8-6-31)22-12-17-21(13-23(22)35-10-9-34-2)29-15-18(25(28)33)24(17)30-20-4-3-16(14-27)11-19(20)26/h3-4,11-13,15H,5-10,14,27H2,1-2H3,(H2,28,33)(H,29,30). The minimum absolute atomic E-state index is 0.164. The van der Waals surface area contributed by atoms with E-state index in [2.05, 4.69) is 27.1 Å². The Labute approximate surface area is 203 Å². The molecule has 0 radical (unpaired) electrons. The van der Waals surface area contributed by atoms with Crippen molar-refractivity contribution in [3.63, 3.8) is 0 Å². The zero-order valence-electron chi connectivity index (χ0n) is 20.0. The second kappa shape index (κ2) is 10.9. The lowest BCUT2D eigenvalue weighted by Crippen LogP contribution is -2.44. The minimum Gasteiger partial charge on any atom is -0.489 e. The van der Waals surface area contributed by atoms with Crippen molar-refractivity contribution >= 4 is 33.9 Å². The van der Waals surface area contributed by atoms with E-state index in [-0.39, 0.29) is 17.8 Å². The lowest BCUT2D eigenvalue weighted by molar-refractivity contribution is 0.100. The predicted molar refractivity (Wildman–Crippen MR) is 135 cm³/mol. The highest BCUT2D eigenvalue weighted by atomic mass is 19.1. The van der Waals surface area contributed by atoms with Gasteiger partial charge in [0.25, 0.3) is 5.91 Å². The average Bonchev–Trinajstić information content (AvgIpc) is 2.85. The predicted octanol–water partition coefficient (Wildman–Crippen LogP) is 2.45. The van der Waals surface area contributed by atoms with Crippen LogP contribution in [0.5, 0.6) is 5.75 Å². The normalized spacial score (nSPS) is 14.3. The van der Waals surface area contributed by atoms with Crippen molar-refractivity contribution in [1.29, 1.82) is 0 Å². The molecule has 0 atom stereocenters. The number of nitrogens with two attached hydrogens (primary N) is 2. The number of fused-ring (bicyclic) bond motifs is 1. The number of amides is 1. The van der Waals surface area contributed by atoms with Crippen LogP contribution in [0.1, 0.15) is 15.9 Å². The van der Waals surface area contributed by atoms with Crippen LogP contribution in [0.3, 0.4) is 0 Å². The van der Waals surface area contributed by atoms with Crippen molar-refractivity contribution in [1.82, 2.24) is 9.88 Å². The average molecular weight is 483 g/mol. The molecule has 3 aromatic rings. The summed E-state index contributed by atoms with van der Waals surface area (Å²) in [5.74, 6) is -0.475. The number of aromatic nitrogens is 1. The van der Waals surface area contributed by atoms with E-state index in [0.29, 0.717) is 41.1 Å². The summed E-state index contributed by atoms with van der Waals surface area (Å²) in [4.78, 5) is 21.2. The van der Waals surface area contributed by atoms with Gasteiger partial charge in [-0.2, -0.15) is 0 Å². The van der Waals surface area contributed by atoms with Gasteiger partial charge >= 0.3 is 0 Å². The Kier molecular flexibility index (Phi) is 7.64. The summed E-state index contributed by atoms with van der Waals surface area (Å²) in [6, 6.07) is 8.46. The largest absolute Gasteiger partial charge is 0.489 e. The maximum Gasteiger partial charge on any atom is 0.252 e. The Balaban J connectivity index is 1.84. The number of likely N-dealkylation sites (N-methyl/N-ethyl adjacent to an activating group) is 1. The van der Waals surface area contributed by atoms with Crippen LogP contribution in [0.15, 0.2) is 36.5 Å². The Morgan fingerprint density at radius 1 is 1.17 bits per heavy atom. The molecule has 2 heterocycles. The molecule has 5 N–H and O–H groups in total.